The van der Waals surface area contributed by atoms with E-state index in [2.05, 4.69) is 26.2 Å². The second kappa shape index (κ2) is 3.98. The van der Waals surface area contributed by atoms with Gasteiger partial charge in [-0.05, 0) is 40.2 Å². The third kappa shape index (κ3) is 2.24. The van der Waals surface area contributed by atoms with Crippen LogP contribution in [0.25, 0.3) is 0 Å². The van der Waals surface area contributed by atoms with Crippen LogP contribution >= 0.6 is 27.3 Å². The average molecular weight is 270 g/mol. The zero-order valence-electron chi connectivity index (χ0n) is 7.20. The van der Waals surface area contributed by atoms with Crippen molar-refractivity contribution in [3.05, 3.63) is 34.2 Å². The van der Waals surface area contributed by atoms with Gasteiger partial charge in [0.1, 0.15) is 0 Å². The van der Waals surface area contributed by atoms with Crippen molar-refractivity contribution in [3.8, 4) is 0 Å². The Bertz CT molecular complexity index is 424. The highest BCUT2D eigenvalue weighted by Gasteiger charge is 1.99. The van der Waals surface area contributed by atoms with Crippen LogP contribution in [-0.2, 0) is 0 Å². The lowest BCUT2D eigenvalue weighted by atomic mass is 10.3. The molecule has 1 aromatic carbocycles. The number of nitrogens with two attached hydrogens (primary N) is 1. The predicted molar refractivity (Wildman–Crippen MR) is 64.0 cm³/mol. The van der Waals surface area contributed by atoms with E-state index < -0.39 is 0 Å². The number of rotatable bonds is 2. The Morgan fingerprint density at radius 3 is 2.57 bits per heavy atom. The molecule has 1 aromatic heterocycles. The van der Waals surface area contributed by atoms with Gasteiger partial charge in [-0.15, -0.1) is 0 Å². The van der Waals surface area contributed by atoms with Crippen LogP contribution in [0.4, 0.5) is 16.5 Å². The van der Waals surface area contributed by atoms with Crippen LogP contribution in [0, 0.1) is 0 Å². The van der Waals surface area contributed by atoms with Gasteiger partial charge in [0.05, 0.1) is 9.98 Å². The Morgan fingerprint density at radius 1 is 1.29 bits per heavy atom. The number of halogens is 1. The molecule has 0 aliphatic rings. The van der Waals surface area contributed by atoms with Crippen LogP contribution in [0.5, 0.6) is 0 Å². The van der Waals surface area contributed by atoms with Crippen molar-refractivity contribution in [2.24, 2.45) is 0 Å². The highest BCUT2D eigenvalue weighted by atomic mass is 79.9. The molecule has 3 N–H and O–H groups in total. The third-order valence-electron chi connectivity index (χ3n) is 1.64. The molecule has 0 spiro atoms. The van der Waals surface area contributed by atoms with E-state index in [0.29, 0.717) is 0 Å². The van der Waals surface area contributed by atoms with Crippen LogP contribution < -0.4 is 11.1 Å². The van der Waals surface area contributed by atoms with Gasteiger partial charge in [-0.3, -0.25) is 0 Å². The molecule has 0 aliphatic heterocycles. The molecule has 0 fully saturated rings. The van der Waals surface area contributed by atoms with E-state index in [-0.39, 0.29) is 0 Å². The minimum Gasteiger partial charge on any atom is -0.399 e. The largest absolute Gasteiger partial charge is 0.399 e. The van der Waals surface area contributed by atoms with E-state index in [4.69, 9.17) is 5.73 Å². The van der Waals surface area contributed by atoms with Gasteiger partial charge in [-0.1, -0.05) is 11.3 Å². The van der Waals surface area contributed by atoms with Gasteiger partial charge in [-0.25, -0.2) is 4.98 Å². The molecular weight excluding hydrogens is 262 g/mol. The Morgan fingerprint density at radius 2 is 2.00 bits per heavy atom. The van der Waals surface area contributed by atoms with Gasteiger partial charge >= 0.3 is 0 Å². The van der Waals surface area contributed by atoms with Crippen LogP contribution in [0.3, 0.4) is 0 Å². The molecule has 1 heterocycles. The van der Waals surface area contributed by atoms with Crippen molar-refractivity contribution in [2.45, 2.75) is 0 Å². The fourth-order valence-electron chi connectivity index (χ4n) is 1.00. The first-order valence-corrected chi connectivity index (χ1v) is 5.59. The molecule has 72 valence electrons. The highest BCUT2D eigenvalue weighted by Crippen LogP contribution is 2.26. The predicted octanol–water partition coefficient (Wildman–Crippen LogP) is 3.23. The number of thiazole rings is 1. The lowest BCUT2D eigenvalue weighted by Gasteiger charge is -2.01. The Balaban J connectivity index is 2.15. The third-order valence-corrected chi connectivity index (χ3v) is 3.03. The summed E-state index contributed by atoms with van der Waals surface area (Å²) in [5.41, 5.74) is 7.32. The first kappa shape index (κ1) is 9.48. The summed E-state index contributed by atoms with van der Waals surface area (Å²) in [5.74, 6) is 0. The van der Waals surface area contributed by atoms with Gasteiger partial charge in [0.2, 0.25) is 0 Å². The summed E-state index contributed by atoms with van der Waals surface area (Å²) in [5, 5.41) is 4.04. The molecule has 14 heavy (non-hydrogen) atoms. The topological polar surface area (TPSA) is 50.9 Å². The SMILES string of the molecule is Nc1ccc(Nc2ncc(Br)s2)cc1. The van der Waals surface area contributed by atoms with E-state index in [1.165, 1.54) is 0 Å². The second-order valence-corrected chi connectivity index (χ2v) is 5.13. The van der Waals surface area contributed by atoms with Crippen molar-refractivity contribution >= 4 is 43.8 Å². The summed E-state index contributed by atoms with van der Waals surface area (Å²) in [7, 11) is 0. The summed E-state index contributed by atoms with van der Waals surface area (Å²) in [6, 6.07) is 7.55. The maximum Gasteiger partial charge on any atom is 0.188 e. The maximum absolute atomic E-state index is 5.58. The van der Waals surface area contributed by atoms with Crippen LogP contribution in [0.2, 0.25) is 0 Å². The van der Waals surface area contributed by atoms with Crippen LogP contribution in [0.15, 0.2) is 34.2 Å². The van der Waals surface area contributed by atoms with E-state index in [1.54, 1.807) is 17.5 Å². The van der Waals surface area contributed by atoms with E-state index >= 15 is 0 Å². The van der Waals surface area contributed by atoms with Gasteiger partial charge in [0.15, 0.2) is 5.13 Å². The van der Waals surface area contributed by atoms with Gasteiger partial charge in [0, 0.05) is 11.4 Å². The molecule has 3 nitrogen and oxygen atoms in total. The molecule has 0 bridgehead atoms. The van der Waals surface area contributed by atoms with Crippen LogP contribution in [-0.4, -0.2) is 4.98 Å². The Kier molecular flexibility index (Phi) is 2.69. The van der Waals surface area contributed by atoms with Crippen molar-refractivity contribution in [1.82, 2.24) is 4.98 Å². The molecule has 0 atom stereocenters. The molecule has 0 radical (unpaired) electrons. The van der Waals surface area contributed by atoms with Crippen LogP contribution in [0.1, 0.15) is 0 Å². The summed E-state index contributed by atoms with van der Waals surface area (Å²) in [4.78, 5) is 4.16. The van der Waals surface area contributed by atoms with Crippen molar-refractivity contribution in [1.29, 1.82) is 0 Å². The van der Waals surface area contributed by atoms with Crippen molar-refractivity contribution < 1.29 is 0 Å². The van der Waals surface area contributed by atoms with E-state index in [1.807, 2.05) is 24.3 Å². The molecule has 0 amide bonds. The summed E-state index contributed by atoms with van der Waals surface area (Å²) < 4.78 is 1.01. The smallest absolute Gasteiger partial charge is 0.188 e. The molecule has 2 rings (SSSR count). The zero-order chi connectivity index (χ0) is 9.97. The molecule has 0 aliphatic carbocycles. The number of benzene rings is 1. The summed E-state index contributed by atoms with van der Waals surface area (Å²) in [6.45, 7) is 0. The minimum atomic E-state index is 0.760. The number of aromatic nitrogens is 1. The highest BCUT2D eigenvalue weighted by molar-refractivity contribution is 9.11. The number of nitrogens with one attached hydrogen (secondary N) is 1. The van der Waals surface area contributed by atoms with E-state index in [9.17, 15) is 0 Å². The number of nitrogens with zero attached hydrogens (tertiary/aromatic N) is 1. The fourth-order valence-corrected chi connectivity index (χ4v) is 2.13. The molecule has 2 aromatic rings. The molecule has 5 heteroatoms. The molecule has 0 unspecified atom stereocenters. The summed E-state index contributed by atoms with van der Waals surface area (Å²) >= 11 is 4.90. The van der Waals surface area contributed by atoms with Gasteiger partial charge in [-0.2, -0.15) is 0 Å². The monoisotopic (exact) mass is 269 g/mol. The quantitative estimate of drug-likeness (QED) is 0.824. The zero-order valence-corrected chi connectivity index (χ0v) is 9.60. The Hall–Kier alpha value is -1.07. The lowest BCUT2D eigenvalue weighted by molar-refractivity contribution is 1.38. The van der Waals surface area contributed by atoms with Gasteiger partial charge in [0.25, 0.3) is 0 Å². The first-order chi connectivity index (χ1) is 6.74. The molecule has 0 saturated carbocycles. The maximum atomic E-state index is 5.58. The second-order valence-electron chi connectivity index (χ2n) is 2.72. The van der Waals surface area contributed by atoms with E-state index in [0.717, 1.165) is 20.3 Å². The fraction of sp³-hybridized carbons (Fsp3) is 0. The first-order valence-electron chi connectivity index (χ1n) is 3.98. The standard InChI is InChI=1S/C9H8BrN3S/c10-8-5-12-9(14-8)13-7-3-1-6(11)2-4-7/h1-5H,11H2,(H,12,13). The molecular formula is C9H8BrN3S. The lowest BCUT2D eigenvalue weighted by Crippen LogP contribution is -1.89. The minimum absolute atomic E-state index is 0.760. The number of nitrogen functional groups attached to an aromatic ring is 1. The van der Waals surface area contributed by atoms with Crippen molar-refractivity contribution in [2.75, 3.05) is 11.1 Å². The van der Waals surface area contributed by atoms with Gasteiger partial charge < -0.3 is 11.1 Å². The normalized spacial score (nSPS) is 10.1. The number of hydrogen-bond acceptors (Lipinski definition) is 4. The number of anilines is 3. The summed E-state index contributed by atoms with van der Waals surface area (Å²) in [6.07, 6.45) is 1.77. The number of hydrogen-bond donors (Lipinski definition) is 2. The Labute approximate surface area is 94.1 Å². The average Bonchev–Trinajstić information content (AvgIpc) is 2.56. The molecule has 0 saturated heterocycles. The van der Waals surface area contributed by atoms with Crippen molar-refractivity contribution in [3.63, 3.8) is 0 Å².